The fourth-order valence-electron chi connectivity index (χ4n) is 3.71. The van der Waals surface area contributed by atoms with E-state index in [4.69, 9.17) is 14.6 Å². The second-order valence-electron chi connectivity index (χ2n) is 7.90. The zero-order valence-corrected chi connectivity index (χ0v) is 19.3. The number of hydrogen-bond donors (Lipinski definition) is 1. The molecule has 0 saturated heterocycles. The van der Waals surface area contributed by atoms with Gasteiger partial charge in [-0.05, 0) is 25.1 Å². The molecule has 0 unspecified atom stereocenters. The van der Waals surface area contributed by atoms with E-state index in [2.05, 4.69) is 18.4 Å². The Labute approximate surface area is 194 Å². The van der Waals surface area contributed by atoms with Gasteiger partial charge in [-0.2, -0.15) is 5.10 Å². The molecule has 7 heteroatoms. The van der Waals surface area contributed by atoms with Crippen molar-refractivity contribution in [3.63, 3.8) is 0 Å². The van der Waals surface area contributed by atoms with Crippen molar-refractivity contribution in [1.82, 2.24) is 14.7 Å². The summed E-state index contributed by atoms with van der Waals surface area (Å²) >= 11 is 0. The van der Waals surface area contributed by atoms with E-state index in [1.165, 1.54) is 12.1 Å². The molecule has 3 rings (SSSR count). The first-order valence-corrected chi connectivity index (χ1v) is 11.2. The Morgan fingerprint density at radius 3 is 2.70 bits per heavy atom. The Morgan fingerprint density at radius 2 is 2.00 bits per heavy atom. The third-order valence-electron chi connectivity index (χ3n) is 5.08. The molecule has 1 atom stereocenters. The number of benzene rings is 2. The highest BCUT2D eigenvalue weighted by Gasteiger charge is 2.23. The van der Waals surface area contributed by atoms with Crippen LogP contribution in [0.15, 0.2) is 67.3 Å². The SMILES string of the molecule is C=CCOC[C@@H](O)CN(CCC)Cc1c(-c2ccccc2)nn(C)c1Oc1cccc(F)c1. The van der Waals surface area contributed by atoms with Gasteiger partial charge in [-0.1, -0.05) is 49.4 Å². The monoisotopic (exact) mass is 453 g/mol. The van der Waals surface area contributed by atoms with Gasteiger partial charge in [0.2, 0.25) is 5.88 Å². The molecule has 0 aliphatic heterocycles. The highest BCUT2D eigenvalue weighted by molar-refractivity contribution is 5.65. The number of ether oxygens (including phenoxy) is 2. The summed E-state index contributed by atoms with van der Waals surface area (Å²) < 4.78 is 27.0. The maximum Gasteiger partial charge on any atom is 0.222 e. The van der Waals surface area contributed by atoms with Crippen LogP contribution in [0.25, 0.3) is 11.3 Å². The van der Waals surface area contributed by atoms with Crippen LogP contribution in [0.4, 0.5) is 4.39 Å². The predicted octanol–water partition coefficient (Wildman–Crippen LogP) is 4.79. The summed E-state index contributed by atoms with van der Waals surface area (Å²) in [5, 5.41) is 15.2. The van der Waals surface area contributed by atoms with E-state index in [1.54, 1.807) is 22.9 Å². The summed E-state index contributed by atoms with van der Waals surface area (Å²) in [4.78, 5) is 2.16. The number of aryl methyl sites for hydroxylation is 1. The minimum absolute atomic E-state index is 0.234. The fourth-order valence-corrected chi connectivity index (χ4v) is 3.71. The van der Waals surface area contributed by atoms with E-state index in [0.29, 0.717) is 31.3 Å². The molecular formula is C26H32FN3O3. The molecular weight excluding hydrogens is 421 g/mol. The van der Waals surface area contributed by atoms with Crippen molar-refractivity contribution in [2.24, 2.45) is 7.05 Å². The van der Waals surface area contributed by atoms with Gasteiger partial charge in [0.05, 0.1) is 24.9 Å². The van der Waals surface area contributed by atoms with Crippen molar-refractivity contribution in [2.75, 3.05) is 26.3 Å². The molecule has 1 N–H and O–H groups in total. The van der Waals surface area contributed by atoms with Gasteiger partial charge in [-0.15, -0.1) is 6.58 Å². The van der Waals surface area contributed by atoms with Crippen molar-refractivity contribution in [2.45, 2.75) is 26.0 Å². The molecule has 3 aromatic rings. The van der Waals surface area contributed by atoms with Gasteiger partial charge in [0.15, 0.2) is 0 Å². The van der Waals surface area contributed by atoms with Crippen LogP contribution in [0.3, 0.4) is 0 Å². The first kappa shape index (κ1) is 24.6. The lowest BCUT2D eigenvalue weighted by atomic mass is 10.1. The van der Waals surface area contributed by atoms with Crippen LogP contribution in [0.5, 0.6) is 11.6 Å². The summed E-state index contributed by atoms with van der Waals surface area (Å²) in [6, 6.07) is 15.9. The number of hydrogen-bond acceptors (Lipinski definition) is 5. The van der Waals surface area contributed by atoms with Crippen molar-refractivity contribution < 1.29 is 19.0 Å². The van der Waals surface area contributed by atoms with Gasteiger partial charge in [-0.25, -0.2) is 9.07 Å². The molecule has 0 spiro atoms. The molecule has 2 aromatic carbocycles. The molecule has 0 fully saturated rings. The molecule has 0 radical (unpaired) electrons. The van der Waals surface area contributed by atoms with E-state index in [-0.39, 0.29) is 12.4 Å². The first-order valence-electron chi connectivity index (χ1n) is 11.2. The number of halogens is 1. The number of aromatic nitrogens is 2. The highest BCUT2D eigenvalue weighted by atomic mass is 19.1. The predicted molar refractivity (Wildman–Crippen MR) is 128 cm³/mol. The van der Waals surface area contributed by atoms with Crippen LogP contribution in [0.2, 0.25) is 0 Å². The van der Waals surface area contributed by atoms with Crippen LogP contribution >= 0.6 is 0 Å². The molecule has 33 heavy (non-hydrogen) atoms. The lowest BCUT2D eigenvalue weighted by molar-refractivity contribution is 0.0245. The van der Waals surface area contributed by atoms with Crippen molar-refractivity contribution in [3.8, 4) is 22.9 Å². The van der Waals surface area contributed by atoms with Gasteiger partial charge in [0, 0.05) is 31.8 Å². The van der Waals surface area contributed by atoms with Crippen molar-refractivity contribution in [3.05, 3.63) is 78.6 Å². The van der Waals surface area contributed by atoms with Crippen molar-refractivity contribution >= 4 is 0 Å². The lowest BCUT2D eigenvalue weighted by Gasteiger charge is -2.25. The fraction of sp³-hybridized carbons (Fsp3) is 0.346. The Balaban J connectivity index is 1.93. The van der Waals surface area contributed by atoms with Crippen LogP contribution in [-0.4, -0.2) is 52.2 Å². The quantitative estimate of drug-likeness (QED) is 0.298. The summed E-state index contributed by atoms with van der Waals surface area (Å²) in [7, 11) is 1.81. The molecule has 0 aliphatic rings. The van der Waals surface area contributed by atoms with Gasteiger partial charge >= 0.3 is 0 Å². The zero-order valence-electron chi connectivity index (χ0n) is 19.3. The normalized spacial score (nSPS) is 12.2. The lowest BCUT2D eigenvalue weighted by Crippen LogP contribution is -2.35. The smallest absolute Gasteiger partial charge is 0.222 e. The third kappa shape index (κ3) is 6.99. The first-order chi connectivity index (χ1) is 16.0. The molecule has 1 aromatic heterocycles. The maximum atomic E-state index is 13.8. The van der Waals surface area contributed by atoms with E-state index < -0.39 is 6.10 Å². The summed E-state index contributed by atoms with van der Waals surface area (Å²) in [5.41, 5.74) is 2.63. The van der Waals surface area contributed by atoms with Crippen LogP contribution in [0, 0.1) is 5.82 Å². The Hall–Kier alpha value is -3.00. The molecule has 0 amide bonds. The molecule has 6 nitrogen and oxygen atoms in total. The van der Waals surface area contributed by atoms with Crippen molar-refractivity contribution in [1.29, 1.82) is 0 Å². The molecule has 1 heterocycles. The highest BCUT2D eigenvalue weighted by Crippen LogP contribution is 2.34. The molecule has 0 bridgehead atoms. The van der Waals surface area contributed by atoms with Gasteiger partial charge in [0.1, 0.15) is 17.3 Å². The zero-order chi connectivity index (χ0) is 23.6. The number of rotatable bonds is 13. The Bertz CT molecular complexity index is 1020. The summed E-state index contributed by atoms with van der Waals surface area (Å²) in [6.45, 7) is 8.09. The Morgan fingerprint density at radius 1 is 1.21 bits per heavy atom. The van der Waals surface area contributed by atoms with E-state index in [9.17, 15) is 9.50 Å². The maximum absolute atomic E-state index is 13.8. The van der Waals surface area contributed by atoms with Gasteiger partial charge in [0.25, 0.3) is 0 Å². The second kappa shape index (κ2) is 12.3. The second-order valence-corrected chi connectivity index (χ2v) is 7.90. The molecule has 0 aliphatic carbocycles. The van der Waals surface area contributed by atoms with Crippen LogP contribution in [-0.2, 0) is 18.3 Å². The number of nitrogens with zero attached hydrogens (tertiary/aromatic N) is 3. The van der Waals surface area contributed by atoms with Crippen LogP contribution < -0.4 is 4.74 Å². The average Bonchev–Trinajstić information content (AvgIpc) is 3.10. The van der Waals surface area contributed by atoms with E-state index in [0.717, 1.165) is 29.8 Å². The van der Waals surface area contributed by atoms with Crippen LogP contribution in [0.1, 0.15) is 18.9 Å². The average molecular weight is 454 g/mol. The van der Waals surface area contributed by atoms with E-state index >= 15 is 0 Å². The number of aliphatic hydroxyl groups is 1. The topological polar surface area (TPSA) is 59.8 Å². The van der Waals surface area contributed by atoms with Gasteiger partial charge in [-0.3, -0.25) is 4.90 Å². The van der Waals surface area contributed by atoms with E-state index in [1.807, 2.05) is 37.4 Å². The molecule has 176 valence electrons. The third-order valence-corrected chi connectivity index (χ3v) is 5.08. The summed E-state index contributed by atoms with van der Waals surface area (Å²) in [6.07, 6.45) is 1.94. The largest absolute Gasteiger partial charge is 0.439 e. The minimum Gasteiger partial charge on any atom is -0.439 e. The van der Waals surface area contributed by atoms with Gasteiger partial charge < -0.3 is 14.6 Å². The Kier molecular flexibility index (Phi) is 9.18. The minimum atomic E-state index is -0.638. The molecule has 0 saturated carbocycles. The standard InChI is InChI=1S/C26H32FN3O3/c1-4-14-30(17-22(31)19-32-15-5-2)18-24-25(20-10-7-6-8-11-20)28-29(3)26(24)33-23-13-9-12-21(27)16-23/h5-13,16,22,31H,2,4,14-15,17-19H2,1,3H3/t22-/m0/s1. The number of aliphatic hydroxyl groups excluding tert-OH is 1. The summed E-state index contributed by atoms with van der Waals surface area (Å²) in [5.74, 6) is 0.575.